The number of anilines is 1. The summed E-state index contributed by atoms with van der Waals surface area (Å²) >= 11 is 0. The van der Waals surface area contributed by atoms with Gasteiger partial charge in [-0.05, 0) is 24.9 Å². The molecule has 4 rings (SSSR count). The van der Waals surface area contributed by atoms with Gasteiger partial charge in [-0.25, -0.2) is 4.79 Å². The molecule has 0 aromatic heterocycles. The molecule has 27 heavy (non-hydrogen) atoms. The van der Waals surface area contributed by atoms with Gasteiger partial charge in [0.1, 0.15) is 5.60 Å². The number of nitrogens with zero attached hydrogens (tertiary/aromatic N) is 1. The van der Waals surface area contributed by atoms with E-state index in [1.807, 2.05) is 42.5 Å². The van der Waals surface area contributed by atoms with Crippen LogP contribution in [0.3, 0.4) is 0 Å². The van der Waals surface area contributed by atoms with Crippen LogP contribution in [0.5, 0.6) is 0 Å². The van der Waals surface area contributed by atoms with Gasteiger partial charge in [0.15, 0.2) is 0 Å². The molecular weight excluding hydrogens is 340 g/mol. The molecule has 1 N–H and O–H groups in total. The topological polar surface area (TPSA) is 58.6 Å². The second-order valence-corrected chi connectivity index (χ2v) is 7.30. The molecule has 0 atom stereocenters. The zero-order chi connectivity index (χ0) is 19.0. The Labute approximate surface area is 159 Å². The van der Waals surface area contributed by atoms with Crippen molar-refractivity contribution in [2.45, 2.75) is 32.3 Å². The number of amides is 1. The number of nitrogens with one attached hydrogen (secondary N) is 1. The lowest BCUT2D eigenvalue weighted by molar-refractivity contribution is -0.150. The lowest BCUT2D eigenvalue weighted by Gasteiger charge is -2.39. The van der Waals surface area contributed by atoms with Crippen LogP contribution in [0.4, 0.5) is 5.69 Å². The van der Waals surface area contributed by atoms with Crippen LogP contribution < -0.4 is 5.32 Å². The smallest absolute Gasteiger partial charge is 0.335 e. The molecule has 0 aliphatic carbocycles. The fraction of sp³-hybridized carbons (Fsp3) is 0.364. The van der Waals surface area contributed by atoms with E-state index >= 15 is 0 Å². The van der Waals surface area contributed by atoms with Crippen molar-refractivity contribution in [1.82, 2.24) is 4.90 Å². The van der Waals surface area contributed by atoms with Crippen molar-refractivity contribution in [3.8, 4) is 0 Å². The summed E-state index contributed by atoms with van der Waals surface area (Å²) in [5.74, 6) is -0.609. The number of ether oxygens (including phenoxy) is 1. The molecule has 5 heteroatoms. The molecule has 0 radical (unpaired) electrons. The van der Waals surface area contributed by atoms with E-state index in [1.165, 1.54) is 0 Å². The molecule has 1 spiro atoms. The van der Waals surface area contributed by atoms with Gasteiger partial charge in [-0.1, -0.05) is 43.3 Å². The van der Waals surface area contributed by atoms with Crippen LogP contribution in [-0.2, 0) is 14.3 Å². The molecule has 0 saturated carbocycles. The molecule has 140 valence electrons. The number of likely N-dealkylation sites (tertiary alicyclic amines) is 1. The van der Waals surface area contributed by atoms with Gasteiger partial charge in [0.25, 0.3) is 5.91 Å². The zero-order valence-corrected chi connectivity index (χ0v) is 15.7. The van der Waals surface area contributed by atoms with Gasteiger partial charge < -0.3 is 15.0 Å². The minimum absolute atomic E-state index is 0.236. The molecular formula is C22H24N2O3. The maximum absolute atomic E-state index is 13.2. The van der Waals surface area contributed by atoms with E-state index in [4.69, 9.17) is 4.74 Å². The van der Waals surface area contributed by atoms with Gasteiger partial charge in [0.05, 0.1) is 5.57 Å². The van der Waals surface area contributed by atoms with Gasteiger partial charge in [0.2, 0.25) is 0 Å². The molecule has 2 heterocycles. The molecule has 0 unspecified atom stereocenters. The monoisotopic (exact) mass is 364 g/mol. The summed E-state index contributed by atoms with van der Waals surface area (Å²) < 4.78 is 5.75. The minimum atomic E-state index is -0.790. The molecule has 5 nitrogen and oxygen atoms in total. The van der Waals surface area contributed by atoms with Crippen LogP contribution in [0, 0.1) is 0 Å². The molecule has 2 aromatic carbocycles. The zero-order valence-electron chi connectivity index (χ0n) is 15.7. The highest BCUT2D eigenvalue weighted by atomic mass is 16.6. The van der Waals surface area contributed by atoms with Gasteiger partial charge in [-0.2, -0.15) is 0 Å². The summed E-state index contributed by atoms with van der Waals surface area (Å²) in [6.45, 7) is 6.42. The number of carbonyl (C=O) groups excluding carboxylic acids is 2. The molecule has 2 aliphatic rings. The summed E-state index contributed by atoms with van der Waals surface area (Å²) in [6, 6.07) is 13.7. The van der Waals surface area contributed by atoms with Crippen molar-refractivity contribution in [3.05, 3.63) is 53.6 Å². The summed E-state index contributed by atoms with van der Waals surface area (Å²) in [7, 11) is 0. The number of esters is 1. The number of carbonyl (C=O) groups is 2. The molecule has 0 bridgehead atoms. The van der Waals surface area contributed by atoms with Crippen LogP contribution in [0.15, 0.2) is 53.6 Å². The first-order valence-corrected chi connectivity index (χ1v) is 9.50. The Bertz CT molecular complexity index is 934. The highest BCUT2D eigenvalue weighted by molar-refractivity contribution is 6.14. The third kappa shape index (κ3) is 3.02. The summed E-state index contributed by atoms with van der Waals surface area (Å²) in [5, 5.41) is 5.07. The lowest BCUT2D eigenvalue weighted by atomic mass is 9.82. The van der Waals surface area contributed by atoms with E-state index in [0.29, 0.717) is 24.0 Å². The normalized spacial score (nSPS) is 19.6. The van der Waals surface area contributed by atoms with Crippen LogP contribution in [0.25, 0.3) is 10.8 Å². The van der Waals surface area contributed by atoms with Gasteiger partial charge in [0, 0.05) is 42.6 Å². The average Bonchev–Trinajstić information content (AvgIpc) is 2.92. The number of hydrogen-bond donors (Lipinski definition) is 1. The predicted octanol–water partition coefficient (Wildman–Crippen LogP) is 3.51. The number of fused-ring (bicyclic) bond motifs is 1. The van der Waals surface area contributed by atoms with E-state index in [2.05, 4.69) is 17.1 Å². The Hall–Kier alpha value is -2.66. The number of piperidine rings is 1. The maximum Gasteiger partial charge on any atom is 0.335 e. The van der Waals surface area contributed by atoms with Crippen LogP contribution >= 0.6 is 0 Å². The molecule has 1 amide bonds. The summed E-state index contributed by atoms with van der Waals surface area (Å²) in [4.78, 5) is 27.8. The quantitative estimate of drug-likeness (QED) is 0.847. The van der Waals surface area contributed by atoms with E-state index in [-0.39, 0.29) is 11.9 Å². The number of hydrogen-bond acceptors (Lipinski definition) is 4. The van der Waals surface area contributed by atoms with E-state index in [0.717, 1.165) is 36.1 Å². The standard InChI is InChI=1S/C22H24N2O3/c1-3-24-13-11-22(12-14-24)19(15(2)21(26)27-22)20(25)23-18-10-6-8-16-7-4-5-9-17(16)18/h4-10H,3,11-14H2,1-2H3,(H,23,25). The van der Waals surface area contributed by atoms with Crippen LogP contribution in [0.2, 0.25) is 0 Å². The fourth-order valence-corrected chi connectivity index (χ4v) is 4.23. The SMILES string of the molecule is CCN1CCC2(CC1)OC(=O)C(C)=C2C(=O)Nc1cccc2ccccc12. The Morgan fingerprint density at radius 1 is 1.15 bits per heavy atom. The average molecular weight is 364 g/mol. The second-order valence-electron chi connectivity index (χ2n) is 7.30. The largest absolute Gasteiger partial charge is 0.450 e. The van der Waals surface area contributed by atoms with Gasteiger partial charge >= 0.3 is 5.97 Å². The number of benzene rings is 2. The molecule has 2 aromatic rings. The summed E-state index contributed by atoms with van der Waals surface area (Å²) in [6.07, 6.45) is 1.31. The van der Waals surface area contributed by atoms with Crippen molar-refractivity contribution in [2.75, 3.05) is 25.0 Å². The highest BCUT2D eigenvalue weighted by Gasteiger charge is 2.50. The Morgan fingerprint density at radius 2 is 1.85 bits per heavy atom. The lowest BCUT2D eigenvalue weighted by Crippen LogP contribution is -2.47. The van der Waals surface area contributed by atoms with Crippen molar-refractivity contribution in [2.24, 2.45) is 0 Å². The van der Waals surface area contributed by atoms with Gasteiger partial charge in [-0.15, -0.1) is 0 Å². The Balaban J connectivity index is 1.66. The first-order chi connectivity index (χ1) is 13.0. The highest BCUT2D eigenvalue weighted by Crippen LogP contribution is 2.41. The third-order valence-electron chi connectivity index (χ3n) is 5.80. The molecule has 1 saturated heterocycles. The van der Waals surface area contributed by atoms with Crippen molar-refractivity contribution in [1.29, 1.82) is 0 Å². The minimum Gasteiger partial charge on any atom is -0.450 e. The van der Waals surface area contributed by atoms with Crippen molar-refractivity contribution in [3.63, 3.8) is 0 Å². The predicted molar refractivity (Wildman–Crippen MR) is 105 cm³/mol. The number of rotatable bonds is 3. The van der Waals surface area contributed by atoms with Gasteiger partial charge in [-0.3, -0.25) is 4.79 Å². The molecule has 2 aliphatic heterocycles. The first-order valence-electron chi connectivity index (χ1n) is 9.50. The van der Waals surface area contributed by atoms with Crippen molar-refractivity contribution < 1.29 is 14.3 Å². The fourth-order valence-electron chi connectivity index (χ4n) is 4.23. The van der Waals surface area contributed by atoms with E-state index < -0.39 is 5.60 Å². The van der Waals surface area contributed by atoms with E-state index in [9.17, 15) is 9.59 Å². The van der Waals surface area contributed by atoms with Crippen LogP contribution in [-0.4, -0.2) is 42.0 Å². The van der Waals surface area contributed by atoms with Crippen molar-refractivity contribution >= 4 is 28.3 Å². The third-order valence-corrected chi connectivity index (χ3v) is 5.80. The maximum atomic E-state index is 13.2. The first kappa shape index (κ1) is 17.7. The van der Waals surface area contributed by atoms with E-state index in [1.54, 1.807) is 6.92 Å². The molecule has 1 fully saturated rings. The summed E-state index contributed by atoms with van der Waals surface area (Å²) in [5.41, 5.74) is 0.884. The second kappa shape index (κ2) is 6.82. The van der Waals surface area contributed by atoms with Crippen LogP contribution in [0.1, 0.15) is 26.7 Å². The Kier molecular flexibility index (Phi) is 4.48. The Morgan fingerprint density at radius 3 is 2.59 bits per heavy atom.